The number of allylic oxidation sites excluding steroid dienone is 12. The monoisotopic (exact) mass is 836 g/mol. The number of ether oxygens (including phenoxy) is 2. The van der Waals surface area contributed by atoms with Crippen molar-refractivity contribution in [3.8, 4) is 0 Å². The zero-order chi connectivity index (χ0) is 42.8. The number of carbonyl (C=O) groups excluding carboxylic acids is 2. The standard InChI is InChI=1S/C46H78NO10P/c1-3-5-7-9-11-13-15-17-19-20-21-22-24-25-27-29-31-33-35-37-44(48)54-39-42(40-55-58(52,53)56-41-43(47)46(50)51)57-45(49)38-36-34-32-30-28-26-23-18-16-14-12-10-8-6-4-2/h5,7,11,13-14,16-17,19,21-22,25,27,42-43H,3-4,6,8-10,12,15,18,20,23-24,26,28-41,47H2,1-2H3,(H,50,51)(H,52,53)/b7-5-,13-11-,16-14-,19-17-,22-21-,27-25-/t42-,43+/m1/s1. The molecule has 332 valence electrons. The van der Waals surface area contributed by atoms with Crippen molar-refractivity contribution in [3.63, 3.8) is 0 Å². The molecule has 0 saturated heterocycles. The van der Waals surface area contributed by atoms with Gasteiger partial charge in [-0.05, 0) is 83.5 Å². The highest BCUT2D eigenvalue weighted by Gasteiger charge is 2.28. The fourth-order valence-corrected chi connectivity index (χ4v) is 6.27. The van der Waals surface area contributed by atoms with Crippen molar-refractivity contribution in [2.24, 2.45) is 5.73 Å². The average molecular weight is 836 g/mol. The summed E-state index contributed by atoms with van der Waals surface area (Å²) in [5.74, 6) is -2.43. The first kappa shape index (κ1) is 54.9. The molecule has 0 radical (unpaired) electrons. The summed E-state index contributed by atoms with van der Waals surface area (Å²) >= 11 is 0. The lowest BCUT2D eigenvalue weighted by Crippen LogP contribution is -2.34. The highest BCUT2D eigenvalue weighted by atomic mass is 31.2. The number of unbranched alkanes of at least 4 members (excludes halogenated alkanes) is 14. The summed E-state index contributed by atoms with van der Waals surface area (Å²) in [6, 6.07) is -1.53. The zero-order valence-electron chi connectivity index (χ0n) is 35.9. The van der Waals surface area contributed by atoms with Gasteiger partial charge in [-0.25, -0.2) is 4.57 Å². The molecule has 0 aliphatic rings. The molecule has 0 aliphatic heterocycles. The fourth-order valence-electron chi connectivity index (χ4n) is 5.50. The zero-order valence-corrected chi connectivity index (χ0v) is 36.8. The minimum atomic E-state index is -4.73. The smallest absolute Gasteiger partial charge is 0.472 e. The number of carbonyl (C=O) groups is 3. The number of phosphoric ester groups is 1. The minimum Gasteiger partial charge on any atom is -0.480 e. The summed E-state index contributed by atoms with van der Waals surface area (Å²) in [6.45, 7) is 2.63. The van der Waals surface area contributed by atoms with Gasteiger partial charge in [-0.2, -0.15) is 0 Å². The molecule has 4 N–H and O–H groups in total. The molecule has 0 spiro atoms. The first-order chi connectivity index (χ1) is 28.1. The Bertz CT molecular complexity index is 1260. The van der Waals surface area contributed by atoms with Gasteiger partial charge in [0.15, 0.2) is 6.10 Å². The summed E-state index contributed by atoms with van der Waals surface area (Å²) in [4.78, 5) is 46.0. The molecule has 0 rings (SSSR count). The highest BCUT2D eigenvalue weighted by Crippen LogP contribution is 2.43. The number of hydrogen-bond donors (Lipinski definition) is 3. The van der Waals surface area contributed by atoms with E-state index in [4.69, 9.17) is 24.8 Å². The molecule has 1 unspecified atom stereocenters. The summed E-state index contributed by atoms with van der Waals surface area (Å²) < 4.78 is 32.7. The lowest BCUT2D eigenvalue weighted by molar-refractivity contribution is -0.161. The molecule has 0 aliphatic carbocycles. The second-order valence-electron chi connectivity index (χ2n) is 14.4. The number of carboxylic acids is 1. The van der Waals surface area contributed by atoms with Gasteiger partial charge in [-0.1, -0.05) is 145 Å². The molecule has 0 aromatic rings. The van der Waals surface area contributed by atoms with E-state index in [1.54, 1.807) is 0 Å². The quantitative estimate of drug-likeness (QED) is 0.0232. The fraction of sp³-hybridized carbons (Fsp3) is 0.674. The van der Waals surface area contributed by atoms with E-state index in [0.717, 1.165) is 83.5 Å². The van der Waals surface area contributed by atoms with Crippen LogP contribution in [0.25, 0.3) is 0 Å². The Hall–Kier alpha value is -3.08. The lowest BCUT2D eigenvalue weighted by atomic mass is 10.1. The Morgan fingerprint density at radius 3 is 1.48 bits per heavy atom. The number of rotatable bonds is 40. The molecule has 0 aromatic carbocycles. The molecule has 0 fully saturated rings. The van der Waals surface area contributed by atoms with E-state index in [0.29, 0.717) is 12.8 Å². The Kier molecular flexibility index (Phi) is 38.5. The number of carboxylic acid groups (broad SMARTS) is 1. The molecule has 11 nitrogen and oxygen atoms in total. The van der Waals surface area contributed by atoms with Crippen molar-refractivity contribution in [2.45, 2.75) is 180 Å². The summed E-state index contributed by atoms with van der Waals surface area (Å²) in [7, 11) is -4.73. The number of nitrogens with two attached hydrogens (primary N) is 1. The first-order valence-electron chi connectivity index (χ1n) is 22.0. The maximum Gasteiger partial charge on any atom is 0.472 e. The molecule has 0 bridgehead atoms. The van der Waals surface area contributed by atoms with Crippen LogP contribution in [0.3, 0.4) is 0 Å². The van der Waals surface area contributed by atoms with Crippen LogP contribution < -0.4 is 5.73 Å². The maximum atomic E-state index is 12.6. The van der Waals surface area contributed by atoms with Crippen LogP contribution in [-0.4, -0.2) is 59.9 Å². The van der Waals surface area contributed by atoms with Crippen LogP contribution in [0.4, 0.5) is 0 Å². The number of phosphoric acid groups is 1. The van der Waals surface area contributed by atoms with E-state index in [1.165, 1.54) is 44.9 Å². The second-order valence-corrected chi connectivity index (χ2v) is 15.9. The van der Waals surface area contributed by atoms with Crippen LogP contribution >= 0.6 is 7.82 Å². The lowest BCUT2D eigenvalue weighted by Gasteiger charge is -2.20. The van der Waals surface area contributed by atoms with Crippen molar-refractivity contribution in [2.75, 3.05) is 19.8 Å². The third kappa shape index (κ3) is 39.7. The number of aliphatic carboxylic acids is 1. The molecule has 0 saturated carbocycles. The van der Waals surface area contributed by atoms with Gasteiger partial charge >= 0.3 is 25.7 Å². The van der Waals surface area contributed by atoms with Gasteiger partial charge < -0.3 is 25.2 Å². The molecular weight excluding hydrogens is 757 g/mol. The first-order valence-corrected chi connectivity index (χ1v) is 23.5. The van der Waals surface area contributed by atoms with Crippen LogP contribution in [0.1, 0.15) is 168 Å². The van der Waals surface area contributed by atoms with Crippen LogP contribution in [0, 0.1) is 0 Å². The normalized spacial score (nSPS) is 14.4. The molecule has 0 aromatic heterocycles. The summed E-state index contributed by atoms with van der Waals surface area (Å²) in [5.41, 5.74) is 5.33. The van der Waals surface area contributed by atoms with E-state index in [2.05, 4.69) is 91.3 Å². The van der Waals surface area contributed by atoms with Crippen LogP contribution in [-0.2, 0) is 37.5 Å². The van der Waals surface area contributed by atoms with Gasteiger partial charge in [0.25, 0.3) is 0 Å². The topological polar surface area (TPSA) is 172 Å². The average Bonchev–Trinajstić information content (AvgIpc) is 3.20. The molecule has 3 atom stereocenters. The van der Waals surface area contributed by atoms with Crippen molar-refractivity contribution >= 4 is 25.7 Å². The Balaban J connectivity index is 4.43. The molecular formula is C46H78NO10P. The van der Waals surface area contributed by atoms with Crippen molar-refractivity contribution in [1.82, 2.24) is 0 Å². The van der Waals surface area contributed by atoms with E-state index >= 15 is 0 Å². The summed E-state index contributed by atoms with van der Waals surface area (Å²) in [5, 5.41) is 8.89. The number of esters is 2. The van der Waals surface area contributed by atoms with E-state index in [1.807, 2.05) is 0 Å². The van der Waals surface area contributed by atoms with Crippen LogP contribution in [0.15, 0.2) is 72.9 Å². The Morgan fingerprint density at radius 2 is 0.966 bits per heavy atom. The van der Waals surface area contributed by atoms with Gasteiger partial charge in [0.2, 0.25) is 0 Å². The van der Waals surface area contributed by atoms with E-state index in [-0.39, 0.29) is 19.4 Å². The van der Waals surface area contributed by atoms with Crippen LogP contribution in [0.5, 0.6) is 0 Å². The second kappa shape index (κ2) is 40.7. The molecule has 0 heterocycles. The summed E-state index contributed by atoms with van der Waals surface area (Å²) in [6.07, 6.45) is 48.2. The molecule has 12 heteroatoms. The van der Waals surface area contributed by atoms with Crippen molar-refractivity contribution in [3.05, 3.63) is 72.9 Å². The molecule has 58 heavy (non-hydrogen) atoms. The maximum absolute atomic E-state index is 12.6. The van der Waals surface area contributed by atoms with Gasteiger partial charge in [-0.3, -0.25) is 23.4 Å². The van der Waals surface area contributed by atoms with Gasteiger partial charge in [0, 0.05) is 12.8 Å². The van der Waals surface area contributed by atoms with E-state index in [9.17, 15) is 23.8 Å². The van der Waals surface area contributed by atoms with Gasteiger partial charge in [-0.15, -0.1) is 0 Å². The SMILES string of the molecule is CC/C=C\C/C=C\C/C=C\C/C=C\C/C=C\CCCCCC(=O)OC[C@H](COP(=O)(O)OC[C@H](N)C(=O)O)OC(=O)CCCCCCCCC/C=C\CCCCCC. The van der Waals surface area contributed by atoms with Crippen LogP contribution in [0.2, 0.25) is 0 Å². The third-order valence-corrected chi connectivity index (χ3v) is 9.89. The largest absolute Gasteiger partial charge is 0.480 e. The predicted molar refractivity (Wildman–Crippen MR) is 235 cm³/mol. The number of hydrogen-bond acceptors (Lipinski definition) is 9. The van der Waals surface area contributed by atoms with Gasteiger partial charge in [0.1, 0.15) is 12.6 Å². The Morgan fingerprint density at radius 1 is 0.552 bits per heavy atom. The minimum absolute atomic E-state index is 0.145. The van der Waals surface area contributed by atoms with Crippen molar-refractivity contribution < 1.29 is 47.5 Å². The predicted octanol–water partition coefficient (Wildman–Crippen LogP) is 11.7. The highest BCUT2D eigenvalue weighted by molar-refractivity contribution is 7.47. The van der Waals surface area contributed by atoms with Crippen molar-refractivity contribution in [1.29, 1.82) is 0 Å². The van der Waals surface area contributed by atoms with Gasteiger partial charge in [0.05, 0.1) is 13.2 Å². The van der Waals surface area contributed by atoms with E-state index < -0.39 is 51.1 Å². The Labute approximate surface area is 350 Å². The molecule has 0 amide bonds. The third-order valence-electron chi connectivity index (χ3n) is 8.94.